The van der Waals surface area contributed by atoms with E-state index in [-0.39, 0.29) is 42.9 Å². The predicted molar refractivity (Wildman–Crippen MR) is 118 cm³/mol. The number of aliphatic hydroxyl groups is 1. The largest absolute Gasteiger partial charge is 0.488 e. The molecule has 3 N–H and O–H groups in total. The lowest BCUT2D eigenvalue weighted by atomic mass is 10.0. The van der Waals surface area contributed by atoms with E-state index in [0.717, 1.165) is 0 Å². The maximum atomic E-state index is 13.1. The lowest BCUT2D eigenvalue weighted by Crippen LogP contribution is -2.47. The van der Waals surface area contributed by atoms with Crippen molar-refractivity contribution in [2.24, 2.45) is 5.92 Å². The van der Waals surface area contributed by atoms with Gasteiger partial charge in [-0.1, -0.05) is 6.92 Å². The molecule has 0 saturated carbocycles. The number of anilines is 1. The van der Waals surface area contributed by atoms with Crippen LogP contribution in [0, 0.1) is 5.92 Å². The van der Waals surface area contributed by atoms with E-state index in [1.807, 2.05) is 20.9 Å². The molecule has 8 nitrogen and oxygen atoms in total. The Bertz CT molecular complexity index is 906. The van der Waals surface area contributed by atoms with Crippen molar-refractivity contribution in [1.82, 2.24) is 15.2 Å². The number of aromatic nitrogens is 1. The van der Waals surface area contributed by atoms with Gasteiger partial charge in [-0.25, -0.2) is 0 Å². The molecule has 0 fully saturated rings. The van der Waals surface area contributed by atoms with Crippen LogP contribution in [0.4, 0.5) is 5.69 Å². The number of aliphatic hydroxyl groups excluding tert-OH is 1. The van der Waals surface area contributed by atoms with Crippen molar-refractivity contribution in [3.63, 3.8) is 0 Å². The zero-order chi connectivity index (χ0) is 22.4. The number of nitrogens with zero attached hydrogens (tertiary/aromatic N) is 2. The molecular formula is C23H30N4O4. The Morgan fingerprint density at radius 3 is 2.74 bits per heavy atom. The number of carbonyl (C=O) groups excluding carboxylic acids is 2. The molecule has 0 saturated heterocycles. The first kappa shape index (κ1) is 22.7. The summed E-state index contributed by atoms with van der Waals surface area (Å²) in [6.45, 7) is 4.89. The van der Waals surface area contributed by atoms with Crippen LogP contribution in [0.5, 0.6) is 5.75 Å². The Balaban J connectivity index is 1.91. The van der Waals surface area contributed by atoms with Gasteiger partial charge < -0.3 is 25.4 Å². The standard InChI is InChI=1S/C23H30N4O4/c1-15-13-27(16(2)14-28)22(29)11-18-10-19(4-5-20(18)31-21(15)12-24-3)26-23(30)17-6-8-25-9-7-17/h4-10,15-16,21,24,28H,11-14H2,1-3H3,(H,26,30)/t15-,16+,21+/m1/s1. The summed E-state index contributed by atoms with van der Waals surface area (Å²) in [5.74, 6) is 0.346. The minimum Gasteiger partial charge on any atom is -0.488 e. The summed E-state index contributed by atoms with van der Waals surface area (Å²) in [7, 11) is 1.86. The first-order valence-electron chi connectivity index (χ1n) is 10.5. The highest BCUT2D eigenvalue weighted by atomic mass is 16.5. The quantitative estimate of drug-likeness (QED) is 0.650. The number of fused-ring (bicyclic) bond motifs is 1. The Hall–Kier alpha value is -2.97. The minimum atomic E-state index is -0.290. The molecule has 0 spiro atoms. The van der Waals surface area contributed by atoms with Gasteiger partial charge in [0.15, 0.2) is 0 Å². The SMILES string of the molecule is CNC[C@@H]1Oc2ccc(NC(=O)c3ccncc3)cc2CC(=O)N([C@@H](C)CO)C[C@H]1C. The number of benzene rings is 1. The summed E-state index contributed by atoms with van der Waals surface area (Å²) in [5, 5.41) is 15.7. The van der Waals surface area contributed by atoms with Crippen molar-refractivity contribution >= 4 is 17.5 Å². The topological polar surface area (TPSA) is 104 Å². The number of carbonyl (C=O) groups is 2. The molecule has 3 atom stereocenters. The maximum absolute atomic E-state index is 13.1. The van der Waals surface area contributed by atoms with Crippen LogP contribution in [-0.4, -0.2) is 65.7 Å². The van der Waals surface area contributed by atoms with Crippen molar-refractivity contribution in [1.29, 1.82) is 0 Å². The van der Waals surface area contributed by atoms with Gasteiger partial charge in [0.1, 0.15) is 11.9 Å². The number of pyridine rings is 1. The summed E-state index contributed by atoms with van der Waals surface area (Å²) >= 11 is 0. The van der Waals surface area contributed by atoms with E-state index in [4.69, 9.17) is 4.74 Å². The fourth-order valence-electron chi connectivity index (χ4n) is 3.66. The Morgan fingerprint density at radius 1 is 1.32 bits per heavy atom. The first-order chi connectivity index (χ1) is 14.9. The Kier molecular flexibility index (Phi) is 7.59. The molecule has 1 aromatic heterocycles. The van der Waals surface area contributed by atoms with Crippen molar-refractivity contribution < 1.29 is 19.4 Å². The van der Waals surface area contributed by atoms with E-state index in [9.17, 15) is 14.7 Å². The molecular weight excluding hydrogens is 396 g/mol. The lowest BCUT2D eigenvalue weighted by molar-refractivity contribution is -0.134. The highest BCUT2D eigenvalue weighted by molar-refractivity contribution is 6.04. The number of hydrogen-bond acceptors (Lipinski definition) is 6. The minimum absolute atomic E-state index is 0.0578. The molecule has 31 heavy (non-hydrogen) atoms. The number of nitrogens with one attached hydrogen (secondary N) is 2. The highest BCUT2D eigenvalue weighted by Crippen LogP contribution is 2.29. The molecule has 0 radical (unpaired) electrons. The molecule has 2 amide bonds. The molecule has 0 unspecified atom stereocenters. The third-order valence-corrected chi connectivity index (χ3v) is 5.52. The van der Waals surface area contributed by atoms with Crippen molar-refractivity contribution in [3.8, 4) is 5.75 Å². The number of hydrogen-bond donors (Lipinski definition) is 3. The average Bonchev–Trinajstić information content (AvgIpc) is 2.82. The van der Waals surface area contributed by atoms with Crippen LogP contribution in [0.2, 0.25) is 0 Å². The van der Waals surface area contributed by atoms with Crippen molar-refractivity contribution in [3.05, 3.63) is 53.9 Å². The number of likely N-dealkylation sites (N-methyl/N-ethyl adjacent to an activating group) is 1. The van der Waals surface area contributed by atoms with Crippen molar-refractivity contribution in [2.75, 3.05) is 32.1 Å². The summed E-state index contributed by atoms with van der Waals surface area (Å²) in [6, 6.07) is 8.33. The normalized spacial score (nSPS) is 20.0. The van der Waals surface area contributed by atoms with Crippen LogP contribution in [-0.2, 0) is 11.2 Å². The predicted octanol–water partition coefficient (Wildman–Crippen LogP) is 1.70. The smallest absolute Gasteiger partial charge is 0.255 e. The van der Waals surface area contributed by atoms with Crippen LogP contribution >= 0.6 is 0 Å². The Labute approximate surface area is 182 Å². The molecule has 3 rings (SSSR count). The van der Waals surface area contributed by atoms with Crippen LogP contribution in [0.3, 0.4) is 0 Å². The van der Waals surface area contributed by atoms with Gasteiger partial charge in [-0.15, -0.1) is 0 Å². The number of amides is 2. The van der Waals surface area contributed by atoms with E-state index >= 15 is 0 Å². The van der Waals surface area contributed by atoms with Gasteiger partial charge in [-0.05, 0) is 44.3 Å². The molecule has 2 aromatic rings. The van der Waals surface area contributed by atoms with E-state index in [1.54, 1.807) is 47.6 Å². The maximum Gasteiger partial charge on any atom is 0.255 e. The molecule has 1 aliphatic rings. The molecule has 166 valence electrons. The first-order valence-corrected chi connectivity index (χ1v) is 10.5. The zero-order valence-electron chi connectivity index (χ0n) is 18.2. The van der Waals surface area contributed by atoms with Crippen LogP contribution in [0.1, 0.15) is 29.8 Å². The second-order valence-corrected chi connectivity index (χ2v) is 7.96. The fraction of sp³-hybridized carbons (Fsp3) is 0.435. The molecule has 0 aliphatic carbocycles. The summed E-state index contributed by atoms with van der Waals surface area (Å²) in [6.07, 6.45) is 3.09. The highest BCUT2D eigenvalue weighted by Gasteiger charge is 2.30. The van der Waals surface area contributed by atoms with Crippen LogP contribution < -0.4 is 15.4 Å². The number of ether oxygens (including phenoxy) is 1. The third kappa shape index (κ3) is 5.59. The van der Waals surface area contributed by atoms with Crippen molar-refractivity contribution in [2.45, 2.75) is 32.4 Å². The summed E-state index contributed by atoms with van der Waals surface area (Å²) in [5.41, 5.74) is 1.77. The molecule has 0 bridgehead atoms. The average molecular weight is 427 g/mol. The zero-order valence-corrected chi connectivity index (χ0v) is 18.2. The molecule has 1 aliphatic heterocycles. The number of rotatable bonds is 6. The second-order valence-electron chi connectivity index (χ2n) is 7.96. The van der Waals surface area contributed by atoms with Gasteiger partial charge in [0.05, 0.1) is 19.1 Å². The van der Waals surface area contributed by atoms with E-state index < -0.39 is 0 Å². The van der Waals surface area contributed by atoms with Gasteiger partial charge in [0.2, 0.25) is 5.91 Å². The van der Waals surface area contributed by atoms with Gasteiger partial charge >= 0.3 is 0 Å². The lowest BCUT2D eigenvalue weighted by Gasteiger charge is -2.32. The van der Waals surface area contributed by atoms with Crippen LogP contribution in [0.25, 0.3) is 0 Å². The Morgan fingerprint density at radius 2 is 2.06 bits per heavy atom. The van der Waals surface area contributed by atoms with Crippen LogP contribution in [0.15, 0.2) is 42.7 Å². The van der Waals surface area contributed by atoms with E-state index in [1.165, 1.54) is 0 Å². The molecule has 8 heteroatoms. The monoisotopic (exact) mass is 426 g/mol. The van der Waals surface area contributed by atoms with Gasteiger partial charge in [-0.3, -0.25) is 14.6 Å². The van der Waals surface area contributed by atoms with Gasteiger partial charge in [0, 0.05) is 48.2 Å². The third-order valence-electron chi connectivity index (χ3n) is 5.52. The molecule has 2 heterocycles. The van der Waals surface area contributed by atoms with Gasteiger partial charge in [0.25, 0.3) is 5.91 Å². The van der Waals surface area contributed by atoms with Gasteiger partial charge in [-0.2, -0.15) is 0 Å². The van der Waals surface area contributed by atoms with E-state index in [0.29, 0.717) is 35.7 Å². The second kappa shape index (κ2) is 10.4. The summed E-state index contributed by atoms with van der Waals surface area (Å²) < 4.78 is 6.30. The summed E-state index contributed by atoms with van der Waals surface area (Å²) in [4.78, 5) is 31.2. The van der Waals surface area contributed by atoms with E-state index in [2.05, 4.69) is 15.6 Å². The molecule has 1 aromatic carbocycles. The fourth-order valence-corrected chi connectivity index (χ4v) is 3.66.